The van der Waals surface area contributed by atoms with Crippen LogP contribution < -0.4 is 5.32 Å². The molecule has 1 aromatic rings. The molecule has 2 rings (SSSR count). The lowest BCUT2D eigenvalue weighted by Gasteiger charge is -2.31. The van der Waals surface area contributed by atoms with Crippen molar-refractivity contribution >= 4 is 11.6 Å². The number of rotatable bonds is 4. The number of morpholine rings is 1. The molecule has 1 aromatic heterocycles. The van der Waals surface area contributed by atoms with Crippen molar-refractivity contribution in [2.45, 2.75) is 38.3 Å². The lowest BCUT2D eigenvalue weighted by molar-refractivity contribution is 0.00643. The summed E-state index contributed by atoms with van der Waals surface area (Å²) >= 11 is 6.21. The lowest BCUT2D eigenvalue weighted by Crippen LogP contribution is -2.46. The molecule has 0 radical (unpaired) electrons. The smallest absolute Gasteiger partial charge is 0.130 e. The number of aliphatic hydroxyl groups is 1. The van der Waals surface area contributed by atoms with Gasteiger partial charge in [0.25, 0.3) is 0 Å². The molecule has 1 fully saturated rings. The molecule has 0 bridgehead atoms. The monoisotopic (exact) mass is 287 g/mol. The molecule has 108 valence electrons. The molecule has 0 amide bonds. The zero-order valence-corrected chi connectivity index (χ0v) is 12.5. The second kappa shape index (κ2) is 5.79. The van der Waals surface area contributed by atoms with Crippen molar-refractivity contribution in [2.75, 3.05) is 19.8 Å². The summed E-state index contributed by atoms with van der Waals surface area (Å²) in [6.07, 6.45) is 1.14. The van der Waals surface area contributed by atoms with Gasteiger partial charge in [-0.25, -0.2) is 0 Å². The normalized spacial score (nSPS) is 23.3. The Hall–Kier alpha value is -0.620. The van der Waals surface area contributed by atoms with Gasteiger partial charge in [-0.3, -0.25) is 4.68 Å². The molecule has 1 aliphatic rings. The Balaban J connectivity index is 2.03. The number of aromatic nitrogens is 2. The Kier molecular flexibility index (Phi) is 4.50. The minimum Gasteiger partial charge on any atom is -0.390 e. The fourth-order valence-electron chi connectivity index (χ4n) is 2.61. The Morgan fingerprint density at radius 1 is 1.63 bits per heavy atom. The molecular weight excluding hydrogens is 266 g/mol. The van der Waals surface area contributed by atoms with Crippen molar-refractivity contribution < 1.29 is 9.84 Å². The standard InChI is InChI=1S/C13H22ClN3O2/c1-9-11(12(14)17(3)16-9)7-13(2,18)6-10-8-19-5-4-15-10/h10,15,18H,4-8H2,1-3H3. The second-order valence-corrected chi connectivity index (χ2v) is 5.94. The van der Waals surface area contributed by atoms with E-state index < -0.39 is 5.60 Å². The van der Waals surface area contributed by atoms with Crippen molar-refractivity contribution in [2.24, 2.45) is 7.05 Å². The van der Waals surface area contributed by atoms with Gasteiger partial charge in [0.2, 0.25) is 0 Å². The molecule has 2 N–H and O–H groups in total. The van der Waals surface area contributed by atoms with E-state index in [-0.39, 0.29) is 6.04 Å². The highest BCUT2D eigenvalue weighted by molar-refractivity contribution is 6.30. The highest BCUT2D eigenvalue weighted by Crippen LogP contribution is 2.26. The highest BCUT2D eigenvalue weighted by Gasteiger charge is 2.29. The molecule has 2 unspecified atom stereocenters. The number of nitrogens with one attached hydrogen (secondary N) is 1. The molecule has 2 heterocycles. The van der Waals surface area contributed by atoms with E-state index in [0.717, 1.165) is 24.4 Å². The van der Waals surface area contributed by atoms with E-state index in [9.17, 15) is 5.11 Å². The van der Waals surface area contributed by atoms with Crippen LogP contribution in [0, 0.1) is 6.92 Å². The highest BCUT2D eigenvalue weighted by atomic mass is 35.5. The van der Waals surface area contributed by atoms with Crippen molar-refractivity contribution in [1.82, 2.24) is 15.1 Å². The SMILES string of the molecule is Cc1nn(C)c(Cl)c1CC(C)(O)CC1COCCN1. The van der Waals surface area contributed by atoms with Crippen LogP contribution in [-0.2, 0) is 18.2 Å². The number of halogens is 1. The molecular formula is C13H22ClN3O2. The Morgan fingerprint density at radius 2 is 2.37 bits per heavy atom. The third-order valence-corrected chi connectivity index (χ3v) is 3.98. The number of hydrogen-bond donors (Lipinski definition) is 2. The largest absolute Gasteiger partial charge is 0.390 e. The van der Waals surface area contributed by atoms with Gasteiger partial charge in [0.05, 0.1) is 24.5 Å². The van der Waals surface area contributed by atoms with Crippen LogP contribution in [0.1, 0.15) is 24.6 Å². The molecule has 1 saturated heterocycles. The minimum absolute atomic E-state index is 0.194. The van der Waals surface area contributed by atoms with Gasteiger partial charge >= 0.3 is 0 Å². The molecule has 2 atom stereocenters. The average Bonchev–Trinajstić information content (AvgIpc) is 2.56. The van der Waals surface area contributed by atoms with E-state index in [1.54, 1.807) is 4.68 Å². The van der Waals surface area contributed by atoms with Crippen LogP contribution in [0.15, 0.2) is 0 Å². The van der Waals surface area contributed by atoms with E-state index >= 15 is 0 Å². The molecule has 5 nitrogen and oxygen atoms in total. The first-order valence-corrected chi connectivity index (χ1v) is 6.98. The summed E-state index contributed by atoms with van der Waals surface area (Å²) in [5, 5.41) is 18.8. The van der Waals surface area contributed by atoms with E-state index in [0.29, 0.717) is 24.6 Å². The van der Waals surface area contributed by atoms with E-state index in [4.69, 9.17) is 16.3 Å². The topological polar surface area (TPSA) is 59.3 Å². The van der Waals surface area contributed by atoms with E-state index in [1.165, 1.54) is 0 Å². The second-order valence-electron chi connectivity index (χ2n) is 5.58. The van der Waals surface area contributed by atoms with Crippen molar-refractivity contribution in [1.29, 1.82) is 0 Å². The maximum Gasteiger partial charge on any atom is 0.130 e. The van der Waals surface area contributed by atoms with E-state index in [1.807, 2.05) is 20.9 Å². The van der Waals surface area contributed by atoms with Gasteiger partial charge in [-0.2, -0.15) is 5.10 Å². The Morgan fingerprint density at radius 3 is 2.89 bits per heavy atom. The van der Waals surface area contributed by atoms with Crippen molar-refractivity contribution in [3.8, 4) is 0 Å². The number of aryl methyl sites for hydroxylation is 2. The maximum absolute atomic E-state index is 10.6. The molecule has 6 heteroatoms. The van der Waals surface area contributed by atoms with E-state index in [2.05, 4.69) is 10.4 Å². The first-order valence-electron chi connectivity index (χ1n) is 6.60. The fraction of sp³-hybridized carbons (Fsp3) is 0.769. The third-order valence-electron chi connectivity index (χ3n) is 3.51. The van der Waals surface area contributed by atoms with Crippen molar-refractivity contribution in [3.05, 3.63) is 16.4 Å². The fourth-order valence-corrected chi connectivity index (χ4v) is 2.85. The van der Waals surface area contributed by atoms with Gasteiger partial charge in [-0.05, 0) is 20.3 Å². The summed E-state index contributed by atoms with van der Waals surface area (Å²) < 4.78 is 7.06. The average molecular weight is 288 g/mol. The van der Waals surface area contributed by atoms with Gasteiger partial charge in [-0.1, -0.05) is 11.6 Å². The summed E-state index contributed by atoms with van der Waals surface area (Å²) in [5.41, 5.74) is 0.974. The summed E-state index contributed by atoms with van der Waals surface area (Å²) in [4.78, 5) is 0. The lowest BCUT2D eigenvalue weighted by atomic mass is 9.90. The molecule has 0 spiro atoms. The predicted molar refractivity (Wildman–Crippen MR) is 74.5 cm³/mol. The Bertz CT molecular complexity index is 439. The van der Waals surface area contributed by atoms with Gasteiger partial charge in [-0.15, -0.1) is 0 Å². The van der Waals surface area contributed by atoms with Gasteiger partial charge in [0.15, 0.2) is 0 Å². The minimum atomic E-state index is -0.824. The van der Waals surface area contributed by atoms with Crippen LogP contribution in [0.5, 0.6) is 0 Å². The van der Waals surface area contributed by atoms with Crippen LogP contribution in [0.3, 0.4) is 0 Å². The summed E-state index contributed by atoms with van der Waals surface area (Å²) in [6.45, 7) is 5.99. The number of ether oxygens (including phenoxy) is 1. The van der Waals surface area contributed by atoms with Crippen LogP contribution in [0.4, 0.5) is 0 Å². The van der Waals surface area contributed by atoms with Crippen LogP contribution in [0.2, 0.25) is 5.15 Å². The first-order chi connectivity index (χ1) is 8.89. The number of nitrogens with zero attached hydrogens (tertiary/aromatic N) is 2. The maximum atomic E-state index is 10.6. The zero-order valence-electron chi connectivity index (χ0n) is 11.7. The van der Waals surface area contributed by atoms with Gasteiger partial charge in [0, 0.05) is 31.6 Å². The van der Waals surface area contributed by atoms with Crippen LogP contribution in [0.25, 0.3) is 0 Å². The molecule has 0 saturated carbocycles. The zero-order chi connectivity index (χ0) is 14.0. The first kappa shape index (κ1) is 14.8. The quantitative estimate of drug-likeness (QED) is 0.869. The van der Waals surface area contributed by atoms with Gasteiger partial charge < -0.3 is 15.2 Å². The van der Waals surface area contributed by atoms with Crippen molar-refractivity contribution in [3.63, 3.8) is 0 Å². The summed E-state index contributed by atoms with van der Waals surface area (Å²) in [6, 6.07) is 0.194. The summed E-state index contributed by atoms with van der Waals surface area (Å²) in [5.74, 6) is 0. The summed E-state index contributed by atoms with van der Waals surface area (Å²) in [7, 11) is 1.81. The third kappa shape index (κ3) is 3.69. The molecule has 0 aromatic carbocycles. The molecule has 1 aliphatic heterocycles. The van der Waals surface area contributed by atoms with Crippen LogP contribution in [-0.4, -0.2) is 46.3 Å². The molecule has 0 aliphatic carbocycles. The van der Waals surface area contributed by atoms with Gasteiger partial charge in [0.1, 0.15) is 5.15 Å². The predicted octanol–water partition coefficient (Wildman–Crippen LogP) is 1.05. The molecule has 19 heavy (non-hydrogen) atoms. The number of hydrogen-bond acceptors (Lipinski definition) is 4. The Labute approximate surface area is 118 Å². The van der Waals surface area contributed by atoms with Crippen LogP contribution >= 0.6 is 11.6 Å².